The molecule has 1 aromatic heterocycles. The standard InChI is InChI=1S/C11H15BrN4O2/c1-18-8-2-3-16(6-8)11(17)9-4-7(12)5-14-10(9)15-13/h4-5,8H,2-3,6,13H2,1H3,(H,14,15). The maximum absolute atomic E-state index is 12.4. The van der Waals surface area contributed by atoms with Gasteiger partial charge in [0.05, 0.1) is 11.7 Å². The summed E-state index contributed by atoms with van der Waals surface area (Å²) in [6.45, 7) is 1.29. The topological polar surface area (TPSA) is 80.5 Å². The molecular formula is C11H15BrN4O2. The molecule has 3 N–H and O–H groups in total. The summed E-state index contributed by atoms with van der Waals surface area (Å²) >= 11 is 3.30. The van der Waals surface area contributed by atoms with Crippen LogP contribution in [0.4, 0.5) is 5.82 Å². The van der Waals surface area contributed by atoms with Gasteiger partial charge in [0.1, 0.15) is 0 Å². The summed E-state index contributed by atoms with van der Waals surface area (Å²) in [5.41, 5.74) is 2.90. The molecular weight excluding hydrogens is 300 g/mol. The van der Waals surface area contributed by atoms with Crippen LogP contribution in [0.1, 0.15) is 16.8 Å². The third-order valence-electron chi connectivity index (χ3n) is 2.99. The molecule has 0 saturated carbocycles. The highest BCUT2D eigenvalue weighted by Gasteiger charge is 2.28. The van der Waals surface area contributed by atoms with Crippen molar-refractivity contribution in [2.45, 2.75) is 12.5 Å². The molecule has 98 valence electrons. The van der Waals surface area contributed by atoms with Crippen molar-refractivity contribution < 1.29 is 9.53 Å². The van der Waals surface area contributed by atoms with Gasteiger partial charge in [0.15, 0.2) is 5.82 Å². The Morgan fingerprint density at radius 3 is 3.11 bits per heavy atom. The van der Waals surface area contributed by atoms with Gasteiger partial charge in [-0.05, 0) is 28.4 Å². The average molecular weight is 315 g/mol. The number of hydrogen-bond donors (Lipinski definition) is 2. The van der Waals surface area contributed by atoms with Gasteiger partial charge in [-0.2, -0.15) is 0 Å². The van der Waals surface area contributed by atoms with E-state index < -0.39 is 0 Å². The first-order valence-electron chi connectivity index (χ1n) is 5.60. The van der Waals surface area contributed by atoms with Crippen LogP contribution in [0.5, 0.6) is 0 Å². The molecule has 0 radical (unpaired) electrons. The predicted molar refractivity (Wildman–Crippen MR) is 71.1 cm³/mol. The van der Waals surface area contributed by atoms with Crippen molar-refractivity contribution in [2.75, 3.05) is 25.6 Å². The number of anilines is 1. The van der Waals surface area contributed by atoms with Crippen LogP contribution in [-0.4, -0.2) is 42.1 Å². The average Bonchev–Trinajstić information content (AvgIpc) is 2.86. The Morgan fingerprint density at radius 2 is 2.50 bits per heavy atom. The van der Waals surface area contributed by atoms with E-state index in [1.165, 1.54) is 0 Å². The number of pyridine rings is 1. The fourth-order valence-corrected chi connectivity index (χ4v) is 2.32. The van der Waals surface area contributed by atoms with Crippen molar-refractivity contribution in [1.29, 1.82) is 0 Å². The van der Waals surface area contributed by atoms with E-state index >= 15 is 0 Å². The fourth-order valence-electron chi connectivity index (χ4n) is 1.99. The molecule has 18 heavy (non-hydrogen) atoms. The highest BCUT2D eigenvalue weighted by atomic mass is 79.9. The molecule has 1 unspecified atom stereocenters. The summed E-state index contributed by atoms with van der Waals surface area (Å²) in [7, 11) is 1.66. The number of nitrogen functional groups attached to an aromatic ring is 1. The lowest BCUT2D eigenvalue weighted by atomic mass is 10.2. The maximum atomic E-state index is 12.4. The zero-order valence-corrected chi connectivity index (χ0v) is 11.6. The molecule has 7 heteroatoms. The second-order valence-electron chi connectivity index (χ2n) is 4.09. The number of carbonyl (C=O) groups is 1. The minimum atomic E-state index is -0.0868. The predicted octanol–water partition coefficient (Wildman–Crippen LogP) is 0.991. The van der Waals surface area contributed by atoms with Crippen LogP contribution < -0.4 is 11.3 Å². The zero-order chi connectivity index (χ0) is 13.1. The summed E-state index contributed by atoms with van der Waals surface area (Å²) < 4.78 is 5.99. The van der Waals surface area contributed by atoms with E-state index in [0.29, 0.717) is 24.5 Å². The molecule has 0 aromatic carbocycles. The molecule has 1 saturated heterocycles. The van der Waals surface area contributed by atoms with Gasteiger partial charge in [0.2, 0.25) is 0 Å². The number of rotatable bonds is 3. The number of ether oxygens (including phenoxy) is 1. The maximum Gasteiger partial charge on any atom is 0.257 e. The molecule has 1 aromatic rings. The van der Waals surface area contributed by atoms with Crippen molar-refractivity contribution in [2.24, 2.45) is 5.84 Å². The Labute approximate surface area is 114 Å². The van der Waals surface area contributed by atoms with E-state index in [4.69, 9.17) is 10.6 Å². The molecule has 1 aliphatic heterocycles. The molecule has 0 bridgehead atoms. The monoisotopic (exact) mass is 314 g/mol. The first kappa shape index (κ1) is 13.3. The molecule has 1 amide bonds. The van der Waals surface area contributed by atoms with Crippen LogP contribution in [0, 0.1) is 0 Å². The van der Waals surface area contributed by atoms with E-state index in [2.05, 4.69) is 26.3 Å². The second-order valence-corrected chi connectivity index (χ2v) is 5.01. The Hall–Kier alpha value is -1.18. The number of aromatic nitrogens is 1. The number of nitrogens with one attached hydrogen (secondary N) is 1. The Bertz CT molecular complexity index is 455. The van der Waals surface area contributed by atoms with Crippen molar-refractivity contribution in [3.8, 4) is 0 Å². The zero-order valence-electron chi connectivity index (χ0n) is 10.0. The lowest BCUT2D eigenvalue weighted by molar-refractivity contribution is 0.0724. The van der Waals surface area contributed by atoms with Crippen LogP contribution in [0.2, 0.25) is 0 Å². The summed E-state index contributed by atoms with van der Waals surface area (Å²) in [6, 6.07) is 1.71. The Balaban J connectivity index is 2.21. The van der Waals surface area contributed by atoms with Crippen LogP contribution in [0.3, 0.4) is 0 Å². The number of nitrogens with two attached hydrogens (primary N) is 1. The van der Waals surface area contributed by atoms with Gasteiger partial charge in [-0.15, -0.1) is 0 Å². The van der Waals surface area contributed by atoms with E-state index in [-0.39, 0.29) is 12.0 Å². The molecule has 0 aliphatic carbocycles. The van der Waals surface area contributed by atoms with Crippen molar-refractivity contribution in [1.82, 2.24) is 9.88 Å². The minimum Gasteiger partial charge on any atom is -0.380 e. The number of halogens is 1. The molecule has 0 spiro atoms. The molecule has 6 nitrogen and oxygen atoms in total. The molecule has 1 fully saturated rings. The number of amides is 1. The summed E-state index contributed by atoms with van der Waals surface area (Å²) in [5, 5.41) is 0. The van der Waals surface area contributed by atoms with E-state index in [9.17, 15) is 4.79 Å². The van der Waals surface area contributed by atoms with Crippen molar-refractivity contribution >= 4 is 27.7 Å². The number of hydrogen-bond acceptors (Lipinski definition) is 5. The Kier molecular flexibility index (Phi) is 4.15. The van der Waals surface area contributed by atoms with Crippen LogP contribution in [0.25, 0.3) is 0 Å². The molecule has 2 heterocycles. The number of likely N-dealkylation sites (tertiary alicyclic amines) is 1. The highest BCUT2D eigenvalue weighted by molar-refractivity contribution is 9.10. The largest absolute Gasteiger partial charge is 0.380 e. The highest BCUT2D eigenvalue weighted by Crippen LogP contribution is 2.22. The quantitative estimate of drug-likeness (QED) is 0.642. The first-order chi connectivity index (χ1) is 8.65. The molecule has 1 aliphatic rings. The molecule has 1 atom stereocenters. The SMILES string of the molecule is COC1CCN(C(=O)c2cc(Br)cnc2NN)C1. The van der Waals surface area contributed by atoms with E-state index in [1.54, 1.807) is 24.3 Å². The number of hydrazine groups is 1. The van der Waals surface area contributed by atoms with Crippen LogP contribution in [0.15, 0.2) is 16.7 Å². The number of carbonyl (C=O) groups excluding carboxylic acids is 1. The first-order valence-corrected chi connectivity index (χ1v) is 6.39. The fraction of sp³-hybridized carbons (Fsp3) is 0.455. The van der Waals surface area contributed by atoms with Crippen LogP contribution >= 0.6 is 15.9 Å². The normalized spacial score (nSPS) is 19.1. The van der Waals surface area contributed by atoms with Gasteiger partial charge in [0.25, 0.3) is 5.91 Å². The van der Waals surface area contributed by atoms with Crippen molar-refractivity contribution in [3.63, 3.8) is 0 Å². The van der Waals surface area contributed by atoms with Crippen molar-refractivity contribution in [3.05, 3.63) is 22.3 Å². The van der Waals surface area contributed by atoms with Gasteiger partial charge in [0, 0.05) is 30.9 Å². The summed E-state index contributed by atoms with van der Waals surface area (Å²) in [5.74, 6) is 5.66. The number of nitrogens with zero attached hydrogens (tertiary/aromatic N) is 2. The second kappa shape index (κ2) is 5.64. The lowest BCUT2D eigenvalue weighted by Crippen LogP contribution is -2.31. The lowest BCUT2D eigenvalue weighted by Gasteiger charge is -2.17. The third-order valence-corrected chi connectivity index (χ3v) is 3.42. The third kappa shape index (κ3) is 2.63. The summed E-state index contributed by atoms with van der Waals surface area (Å²) in [6.07, 6.45) is 2.56. The van der Waals surface area contributed by atoms with Gasteiger partial charge in [-0.1, -0.05) is 0 Å². The minimum absolute atomic E-state index is 0.0868. The smallest absolute Gasteiger partial charge is 0.257 e. The number of methoxy groups -OCH3 is 1. The van der Waals surface area contributed by atoms with E-state index in [1.807, 2.05) is 0 Å². The summed E-state index contributed by atoms with van der Waals surface area (Å²) in [4.78, 5) is 18.2. The Morgan fingerprint density at radius 1 is 1.72 bits per heavy atom. The van der Waals surface area contributed by atoms with Gasteiger partial charge in [-0.3, -0.25) is 4.79 Å². The van der Waals surface area contributed by atoms with E-state index in [0.717, 1.165) is 10.9 Å². The van der Waals surface area contributed by atoms with Gasteiger partial charge < -0.3 is 15.1 Å². The van der Waals surface area contributed by atoms with Gasteiger partial charge >= 0.3 is 0 Å². The van der Waals surface area contributed by atoms with Crippen LogP contribution in [-0.2, 0) is 4.74 Å². The molecule has 2 rings (SSSR count). The van der Waals surface area contributed by atoms with Gasteiger partial charge in [-0.25, -0.2) is 10.8 Å².